The molecule has 1 N–H and O–H groups in total. The molecule has 2 aromatic rings. The Bertz CT molecular complexity index is 580. The van der Waals surface area contributed by atoms with Crippen LogP contribution in [0.5, 0.6) is 0 Å². The highest BCUT2D eigenvalue weighted by Crippen LogP contribution is 2.34. The van der Waals surface area contributed by atoms with Crippen molar-refractivity contribution in [2.75, 3.05) is 11.9 Å². The van der Waals surface area contributed by atoms with Gasteiger partial charge < -0.3 is 5.32 Å². The lowest BCUT2D eigenvalue weighted by molar-refractivity contribution is 0.343. The van der Waals surface area contributed by atoms with E-state index < -0.39 is 6.17 Å². The molecular weight excluding hydrogens is 305 g/mol. The van der Waals surface area contributed by atoms with Gasteiger partial charge in [-0.05, 0) is 29.7 Å². The first-order valence-corrected chi connectivity index (χ1v) is 7.27. The molecule has 19 heavy (non-hydrogen) atoms. The molecule has 0 aliphatic carbocycles. The molecule has 0 radical (unpaired) electrons. The van der Waals surface area contributed by atoms with E-state index in [0.29, 0.717) is 6.42 Å². The monoisotopic (exact) mass is 319 g/mol. The minimum Gasteiger partial charge on any atom is -0.384 e. The molecule has 1 aliphatic rings. The van der Waals surface area contributed by atoms with E-state index in [-0.39, 0.29) is 0 Å². The molecule has 98 valence electrons. The van der Waals surface area contributed by atoms with Gasteiger partial charge in [-0.25, -0.2) is 4.39 Å². The van der Waals surface area contributed by atoms with E-state index in [0.717, 1.165) is 34.3 Å². The standard InChI is InChI=1S/C16H15BrFN/c17-13-6-4-11(5-7-13)10-15(18)14-3-1-2-12-8-9-19-16(12)14/h1-7,15,19H,8-10H2. The van der Waals surface area contributed by atoms with Crippen LogP contribution in [0.3, 0.4) is 0 Å². The minimum atomic E-state index is -0.957. The van der Waals surface area contributed by atoms with E-state index in [4.69, 9.17) is 0 Å². The van der Waals surface area contributed by atoms with Gasteiger partial charge in [0.25, 0.3) is 0 Å². The van der Waals surface area contributed by atoms with Crippen LogP contribution in [0, 0.1) is 0 Å². The number of rotatable bonds is 3. The number of hydrogen-bond donors (Lipinski definition) is 1. The first-order valence-electron chi connectivity index (χ1n) is 6.48. The number of nitrogens with one attached hydrogen (secondary N) is 1. The van der Waals surface area contributed by atoms with Crippen LogP contribution in [0.25, 0.3) is 0 Å². The molecule has 1 aliphatic heterocycles. The van der Waals surface area contributed by atoms with Crippen molar-refractivity contribution in [3.05, 3.63) is 63.6 Å². The second-order valence-corrected chi connectivity index (χ2v) is 5.77. The number of alkyl halides is 1. The van der Waals surface area contributed by atoms with E-state index in [9.17, 15) is 4.39 Å². The number of fused-ring (bicyclic) bond motifs is 1. The van der Waals surface area contributed by atoms with Gasteiger partial charge in [-0.2, -0.15) is 0 Å². The number of para-hydroxylation sites is 1. The summed E-state index contributed by atoms with van der Waals surface area (Å²) in [6.45, 7) is 0.914. The lowest BCUT2D eigenvalue weighted by Gasteiger charge is -2.13. The molecule has 0 spiro atoms. The number of anilines is 1. The summed E-state index contributed by atoms with van der Waals surface area (Å²) in [5.74, 6) is 0. The second-order valence-electron chi connectivity index (χ2n) is 4.86. The summed E-state index contributed by atoms with van der Waals surface area (Å²) in [4.78, 5) is 0. The molecule has 3 heteroatoms. The fourth-order valence-corrected chi connectivity index (χ4v) is 2.83. The topological polar surface area (TPSA) is 12.0 Å². The summed E-state index contributed by atoms with van der Waals surface area (Å²) in [6.07, 6.45) is 0.460. The summed E-state index contributed by atoms with van der Waals surface area (Å²) in [7, 11) is 0. The molecule has 0 saturated heterocycles. The zero-order valence-electron chi connectivity index (χ0n) is 10.5. The van der Waals surface area contributed by atoms with Crippen molar-refractivity contribution in [2.45, 2.75) is 19.0 Å². The van der Waals surface area contributed by atoms with Crippen LogP contribution < -0.4 is 5.32 Å². The van der Waals surface area contributed by atoms with Gasteiger partial charge in [-0.15, -0.1) is 0 Å². The Balaban J connectivity index is 1.83. The molecule has 1 unspecified atom stereocenters. The Labute approximate surface area is 121 Å². The van der Waals surface area contributed by atoms with Crippen molar-refractivity contribution in [1.29, 1.82) is 0 Å². The van der Waals surface area contributed by atoms with Gasteiger partial charge in [0.1, 0.15) is 6.17 Å². The molecule has 2 aromatic carbocycles. The van der Waals surface area contributed by atoms with Crippen LogP contribution in [0.1, 0.15) is 22.9 Å². The van der Waals surface area contributed by atoms with Crippen LogP contribution in [0.2, 0.25) is 0 Å². The quantitative estimate of drug-likeness (QED) is 0.866. The van der Waals surface area contributed by atoms with E-state index >= 15 is 0 Å². The van der Waals surface area contributed by atoms with Gasteiger partial charge in [-0.1, -0.05) is 46.3 Å². The predicted octanol–water partition coefficient (Wildman–Crippen LogP) is 4.67. The molecule has 3 rings (SSSR count). The number of hydrogen-bond acceptors (Lipinski definition) is 1. The van der Waals surface area contributed by atoms with Gasteiger partial charge in [0.15, 0.2) is 0 Å². The van der Waals surface area contributed by atoms with Crippen molar-refractivity contribution < 1.29 is 4.39 Å². The zero-order valence-corrected chi connectivity index (χ0v) is 12.1. The third kappa shape index (κ3) is 2.66. The molecule has 0 fully saturated rings. The fraction of sp³-hybridized carbons (Fsp3) is 0.250. The molecule has 1 atom stereocenters. The Morgan fingerprint density at radius 2 is 1.95 bits per heavy atom. The first kappa shape index (κ1) is 12.7. The first-order chi connectivity index (χ1) is 9.24. The molecular formula is C16H15BrFN. The molecule has 1 nitrogen and oxygen atoms in total. The maximum atomic E-state index is 14.5. The molecule has 1 heterocycles. The van der Waals surface area contributed by atoms with Crippen LogP contribution in [-0.4, -0.2) is 6.54 Å². The van der Waals surface area contributed by atoms with E-state index in [1.807, 2.05) is 36.4 Å². The molecule has 0 bridgehead atoms. The highest BCUT2D eigenvalue weighted by molar-refractivity contribution is 9.10. The van der Waals surface area contributed by atoms with Gasteiger partial charge in [-0.3, -0.25) is 0 Å². The van der Waals surface area contributed by atoms with Crippen molar-refractivity contribution in [2.24, 2.45) is 0 Å². The van der Waals surface area contributed by atoms with E-state index in [1.165, 1.54) is 5.56 Å². The van der Waals surface area contributed by atoms with Gasteiger partial charge in [0.05, 0.1) is 0 Å². The Hall–Kier alpha value is -1.35. The van der Waals surface area contributed by atoms with Crippen LogP contribution >= 0.6 is 15.9 Å². The Kier molecular flexibility index (Phi) is 3.56. The Morgan fingerprint density at radius 3 is 2.74 bits per heavy atom. The van der Waals surface area contributed by atoms with Crippen LogP contribution in [0.15, 0.2) is 46.9 Å². The molecule has 0 saturated carbocycles. The fourth-order valence-electron chi connectivity index (χ4n) is 2.56. The maximum Gasteiger partial charge on any atom is 0.131 e. The number of halogens is 2. The SMILES string of the molecule is FC(Cc1ccc(Br)cc1)c1cccc2c1NCC2. The van der Waals surface area contributed by atoms with E-state index in [2.05, 4.69) is 27.3 Å². The maximum absolute atomic E-state index is 14.5. The average Bonchev–Trinajstić information content (AvgIpc) is 2.89. The minimum absolute atomic E-state index is 0.422. The van der Waals surface area contributed by atoms with Crippen molar-refractivity contribution >= 4 is 21.6 Å². The highest BCUT2D eigenvalue weighted by Gasteiger charge is 2.20. The third-order valence-electron chi connectivity index (χ3n) is 3.54. The Morgan fingerprint density at radius 1 is 1.16 bits per heavy atom. The summed E-state index contributed by atoms with van der Waals surface area (Å²) in [6, 6.07) is 13.8. The van der Waals surface area contributed by atoms with Crippen LogP contribution in [0.4, 0.5) is 10.1 Å². The third-order valence-corrected chi connectivity index (χ3v) is 4.07. The lowest BCUT2D eigenvalue weighted by atomic mass is 9.99. The predicted molar refractivity (Wildman–Crippen MR) is 80.3 cm³/mol. The van der Waals surface area contributed by atoms with Gasteiger partial charge in [0, 0.05) is 28.7 Å². The van der Waals surface area contributed by atoms with Crippen molar-refractivity contribution in [3.8, 4) is 0 Å². The van der Waals surface area contributed by atoms with Crippen LogP contribution in [-0.2, 0) is 12.8 Å². The average molecular weight is 320 g/mol. The van der Waals surface area contributed by atoms with Gasteiger partial charge >= 0.3 is 0 Å². The second kappa shape index (κ2) is 5.33. The highest BCUT2D eigenvalue weighted by atomic mass is 79.9. The van der Waals surface area contributed by atoms with E-state index in [1.54, 1.807) is 0 Å². The summed E-state index contributed by atoms with van der Waals surface area (Å²) in [5, 5.41) is 3.30. The number of benzene rings is 2. The summed E-state index contributed by atoms with van der Waals surface area (Å²) < 4.78 is 15.5. The molecule has 0 amide bonds. The molecule has 0 aromatic heterocycles. The smallest absolute Gasteiger partial charge is 0.131 e. The zero-order chi connectivity index (χ0) is 13.2. The lowest BCUT2D eigenvalue weighted by Crippen LogP contribution is -2.01. The van der Waals surface area contributed by atoms with Crippen molar-refractivity contribution in [3.63, 3.8) is 0 Å². The normalized spacial score (nSPS) is 14.8. The summed E-state index contributed by atoms with van der Waals surface area (Å²) in [5.41, 5.74) is 4.05. The van der Waals surface area contributed by atoms with Gasteiger partial charge in [0.2, 0.25) is 0 Å². The largest absolute Gasteiger partial charge is 0.384 e. The van der Waals surface area contributed by atoms with Crippen molar-refractivity contribution in [1.82, 2.24) is 0 Å². The summed E-state index contributed by atoms with van der Waals surface area (Å²) >= 11 is 3.39.